The van der Waals surface area contributed by atoms with Crippen LogP contribution in [0.2, 0.25) is 0 Å². The number of aliphatic hydroxyl groups is 1. The molecule has 0 aromatic heterocycles. The molecular weight excluding hydrogens is 218 g/mol. The summed E-state index contributed by atoms with van der Waals surface area (Å²) in [6.07, 6.45) is 0. The van der Waals surface area contributed by atoms with Crippen LogP contribution >= 0.6 is 0 Å². The minimum atomic E-state index is -3.38. The summed E-state index contributed by atoms with van der Waals surface area (Å²) >= 11 is 0. The lowest BCUT2D eigenvalue weighted by molar-refractivity contribution is 0.135. The largest absolute Gasteiger partial charge is 0.395 e. The number of ether oxygens (including phenoxy) is 1. The molecule has 5 nitrogen and oxygen atoms in total. The van der Waals surface area contributed by atoms with Crippen LogP contribution in [0.1, 0.15) is 20.8 Å². The third-order valence-electron chi connectivity index (χ3n) is 2.17. The van der Waals surface area contributed by atoms with Crippen LogP contribution in [0.4, 0.5) is 0 Å². The van der Waals surface area contributed by atoms with E-state index in [9.17, 15) is 8.42 Å². The van der Waals surface area contributed by atoms with E-state index in [2.05, 4.69) is 0 Å². The van der Waals surface area contributed by atoms with Crippen molar-refractivity contribution < 1.29 is 18.3 Å². The Kier molecular flexibility index (Phi) is 7.08. The molecule has 0 bridgehead atoms. The van der Waals surface area contributed by atoms with Crippen molar-refractivity contribution in [3.05, 3.63) is 0 Å². The lowest BCUT2D eigenvalue weighted by Gasteiger charge is -2.23. The van der Waals surface area contributed by atoms with Crippen LogP contribution in [0.3, 0.4) is 0 Å². The first kappa shape index (κ1) is 14.8. The summed E-state index contributed by atoms with van der Waals surface area (Å²) in [5.41, 5.74) is 0. The Labute approximate surface area is 92.1 Å². The minimum Gasteiger partial charge on any atom is -0.395 e. The average molecular weight is 239 g/mol. The highest BCUT2D eigenvalue weighted by molar-refractivity contribution is 7.89. The number of likely N-dealkylation sites (N-methyl/N-ethyl adjacent to an activating group) is 1. The van der Waals surface area contributed by atoms with Gasteiger partial charge in [-0.25, -0.2) is 8.42 Å². The van der Waals surface area contributed by atoms with E-state index in [1.54, 1.807) is 6.92 Å². The predicted molar refractivity (Wildman–Crippen MR) is 59.2 cm³/mol. The van der Waals surface area contributed by atoms with Crippen molar-refractivity contribution in [2.24, 2.45) is 0 Å². The highest BCUT2D eigenvalue weighted by atomic mass is 32.2. The third kappa shape index (κ3) is 4.46. The van der Waals surface area contributed by atoms with E-state index >= 15 is 0 Å². The molecule has 0 aliphatic carbocycles. The molecule has 0 saturated heterocycles. The van der Waals surface area contributed by atoms with Crippen molar-refractivity contribution in [3.63, 3.8) is 0 Å². The number of sulfonamides is 1. The lowest BCUT2D eigenvalue weighted by atomic mass is 10.5. The van der Waals surface area contributed by atoms with E-state index in [4.69, 9.17) is 9.84 Å². The SMILES string of the molecule is CCOCCN(CC)S(=O)(=O)C(C)CO. The van der Waals surface area contributed by atoms with Crippen molar-refractivity contribution in [1.29, 1.82) is 0 Å². The molecule has 0 aliphatic rings. The van der Waals surface area contributed by atoms with E-state index < -0.39 is 15.3 Å². The summed E-state index contributed by atoms with van der Waals surface area (Å²) in [4.78, 5) is 0. The standard InChI is InChI=1S/C9H21NO4S/c1-4-10(6-7-14-5-2)15(12,13)9(3)8-11/h9,11H,4-8H2,1-3H3. The van der Waals surface area contributed by atoms with Crippen LogP contribution in [0.5, 0.6) is 0 Å². The molecular formula is C9H21NO4S. The fraction of sp³-hybridized carbons (Fsp3) is 1.00. The molecule has 6 heteroatoms. The summed E-state index contributed by atoms with van der Waals surface area (Å²) < 4.78 is 30.0. The Morgan fingerprint density at radius 3 is 2.40 bits per heavy atom. The molecule has 0 radical (unpaired) electrons. The smallest absolute Gasteiger partial charge is 0.219 e. The van der Waals surface area contributed by atoms with Gasteiger partial charge in [-0.15, -0.1) is 0 Å². The second kappa shape index (κ2) is 7.16. The van der Waals surface area contributed by atoms with Crippen molar-refractivity contribution in [2.45, 2.75) is 26.0 Å². The number of rotatable bonds is 8. The maximum absolute atomic E-state index is 11.8. The first-order valence-electron chi connectivity index (χ1n) is 5.18. The molecule has 1 atom stereocenters. The average Bonchev–Trinajstić information content (AvgIpc) is 2.22. The van der Waals surface area contributed by atoms with Crippen LogP contribution in [0, 0.1) is 0 Å². The van der Waals surface area contributed by atoms with Crippen molar-refractivity contribution >= 4 is 10.0 Å². The van der Waals surface area contributed by atoms with Gasteiger partial charge in [-0.2, -0.15) is 4.31 Å². The van der Waals surface area contributed by atoms with Gasteiger partial charge in [-0.3, -0.25) is 0 Å². The minimum absolute atomic E-state index is 0.344. The number of hydrogen-bond donors (Lipinski definition) is 1. The number of nitrogens with zero attached hydrogens (tertiary/aromatic N) is 1. The maximum Gasteiger partial charge on any atom is 0.219 e. The molecule has 1 N–H and O–H groups in total. The monoisotopic (exact) mass is 239 g/mol. The molecule has 0 fully saturated rings. The van der Waals surface area contributed by atoms with E-state index in [-0.39, 0.29) is 6.61 Å². The Bertz CT molecular complexity index is 253. The first-order valence-corrected chi connectivity index (χ1v) is 6.68. The lowest BCUT2D eigenvalue weighted by Crippen LogP contribution is -2.40. The van der Waals surface area contributed by atoms with Gasteiger partial charge < -0.3 is 9.84 Å². The molecule has 0 aromatic carbocycles. The quantitative estimate of drug-likeness (QED) is 0.608. The van der Waals surface area contributed by atoms with Gasteiger partial charge in [0.25, 0.3) is 0 Å². The Morgan fingerprint density at radius 1 is 1.40 bits per heavy atom. The fourth-order valence-corrected chi connectivity index (χ4v) is 2.51. The van der Waals surface area contributed by atoms with Crippen molar-refractivity contribution in [1.82, 2.24) is 4.31 Å². The van der Waals surface area contributed by atoms with Crippen LogP contribution in [0.25, 0.3) is 0 Å². The summed E-state index contributed by atoms with van der Waals surface area (Å²) in [6.45, 7) is 6.49. The Balaban J connectivity index is 4.38. The van der Waals surface area contributed by atoms with Crippen LogP contribution in [-0.2, 0) is 14.8 Å². The van der Waals surface area contributed by atoms with Crippen molar-refractivity contribution in [3.8, 4) is 0 Å². The zero-order valence-corrected chi connectivity index (χ0v) is 10.5. The van der Waals surface area contributed by atoms with E-state index in [1.807, 2.05) is 6.92 Å². The van der Waals surface area contributed by atoms with E-state index in [1.165, 1.54) is 11.2 Å². The molecule has 15 heavy (non-hydrogen) atoms. The molecule has 0 amide bonds. The number of hydrogen-bond acceptors (Lipinski definition) is 4. The van der Waals surface area contributed by atoms with Gasteiger partial charge >= 0.3 is 0 Å². The molecule has 0 saturated carbocycles. The van der Waals surface area contributed by atoms with Crippen LogP contribution < -0.4 is 0 Å². The maximum atomic E-state index is 11.8. The second-order valence-electron chi connectivity index (χ2n) is 3.23. The summed E-state index contributed by atoms with van der Waals surface area (Å²) in [5.74, 6) is 0. The number of aliphatic hydroxyl groups excluding tert-OH is 1. The van der Waals surface area contributed by atoms with Gasteiger partial charge in [0.1, 0.15) is 0 Å². The van der Waals surface area contributed by atoms with Gasteiger partial charge in [-0.1, -0.05) is 6.92 Å². The molecule has 92 valence electrons. The molecule has 0 rings (SSSR count). The Hall–Kier alpha value is -0.170. The molecule has 0 aromatic rings. The Morgan fingerprint density at radius 2 is 2.00 bits per heavy atom. The summed E-state index contributed by atoms with van der Waals surface area (Å²) in [6, 6.07) is 0. The fourth-order valence-electron chi connectivity index (χ4n) is 1.12. The van der Waals surface area contributed by atoms with Crippen LogP contribution in [0.15, 0.2) is 0 Å². The predicted octanol–water partition coefficient (Wildman–Crippen LogP) is 0.0554. The summed E-state index contributed by atoms with van der Waals surface area (Å²) in [5, 5.41) is 8.10. The van der Waals surface area contributed by atoms with Gasteiger partial charge in [0.05, 0.1) is 18.5 Å². The third-order valence-corrected chi connectivity index (χ3v) is 4.49. The molecule has 0 spiro atoms. The van der Waals surface area contributed by atoms with E-state index in [0.29, 0.717) is 26.3 Å². The van der Waals surface area contributed by atoms with Gasteiger partial charge in [0, 0.05) is 19.7 Å². The zero-order chi connectivity index (χ0) is 11.9. The highest BCUT2D eigenvalue weighted by Crippen LogP contribution is 2.07. The van der Waals surface area contributed by atoms with Crippen LogP contribution in [-0.4, -0.2) is 56.0 Å². The van der Waals surface area contributed by atoms with Gasteiger partial charge in [-0.05, 0) is 13.8 Å². The first-order chi connectivity index (χ1) is 7.00. The molecule has 1 unspecified atom stereocenters. The second-order valence-corrected chi connectivity index (χ2v) is 5.58. The van der Waals surface area contributed by atoms with Gasteiger partial charge in [0.15, 0.2) is 0 Å². The van der Waals surface area contributed by atoms with Crippen molar-refractivity contribution in [2.75, 3.05) is 32.9 Å². The topological polar surface area (TPSA) is 66.8 Å². The van der Waals surface area contributed by atoms with E-state index in [0.717, 1.165) is 0 Å². The normalized spacial score (nSPS) is 14.5. The zero-order valence-electron chi connectivity index (χ0n) is 9.64. The van der Waals surface area contributed by atoms with Gasteiger partial charge in [0.2, 0.25) is 10.0 Å². The highest BCUT2D eigenvalue weighted by Gasteiger charge is 2.26. The molecule has 0 aliphatic heterocycles. The summed E-state index contributed by atoms with van der Waals surface area (Å²) in [7, 11) is -3.38. The molecule has 0 heterocycles.